The third kappa shape index (κ3) is 3.36. The van der Waals surface area contributed by atoms with E-state index in [2.05, 4.69) is 34.6 Å². The molecule has 2 nitrogen and oxygen atoms in total. The SMILES string of the molecule is CCC(CC)OC1C(=C(C)C)CC(CC)C1OC. The van der Waals surface area contributed by atoms with Crippen LogP contribution < -0.4 is 0 Å². The molecule has 0 aromatic heterocycles. The highest BCUT2D eigenvalue weighted by Gasteiger charge is 2.40. The maximum atomic E-state index is 6.34. The van der Waals surface area contributed by atoms with E-state index in [-0.39, 0.29) is 12.2 Å². The highest BCUT2D eigenvalue weighted by atomic mass is 16.5. The van der Waals surface area contributed by atoms with Gasteiger partial charge in [0.1, 0.15) is 6.10 Å². The predicted molar refractivity (Wildman–Crippen MR) is 76.8 cm³/mol. The van der Waals surface area contributed by atoms with E-state index in [0.717, 1.165) is 25.7 Å². The van der Waals surface area contributed by atoms with Crippen molar-refractivity contribution in [3.05, 3.63) is 11.1 Å². The van der Waals surface area contributed by atoms with Gasteiger partial charge < -0.3 is 9.47 Å². The van der Waals surface area contributed by atoms with E-state index in [1.165, 1.54) is 11.1 Å². The van der Waals surface area contributed by atoms with Crippen molar-refractivity contribution in [3.8, 4) is 0 Å². The van der Waals surface area contributed by atoms with E-state index in [1.807, 2.05) is 7.11 Å². The quantitative estimate of drug-likeness (QED) is 0.656. The lowest BCUT2D eigenvalue weighted by Gasteiger charge is -2.27. The molecule has 1 saturated carbocycles. The third-order valence-electron chi connectivity index (χ3n) is 4.28. The minimum absolute atomic E-state index is 0.176. The molecular formula is C16H30O2. The zero-order chi connectivity index (χ0) is 13.7. The summed E-state index contributed by atoms with van der Waals surface area (Å²) in [4.78, 5) is 0. The predicted octanol–water partition coefficient (Wildman–Crippen LogP) is 4.34. The summed E-state index contributed by atoms with van der Waals surface area (Å²) in [6.45, 7) is 11.0. The lowest BCUT2D eigenvalue weighted by molar-refractivity contribution is -0.0759. The van der Waals surface area contributed by atoms with Crippen molar-refractivity contribution >= 4 is 0 Å². The fraction of sp³-hybridized carbons (Fsp3) is 0.875. The summed E-state index contributed by atoms with van der Waals surface area (Å²) in [6.07, 6.45) is 5.24. The second kappa shape index (κ2) is 7.30. The van der Waals surface area contributed by atoms with Crippen molar-refractivity contribution in [3.63, 3.8) is 0 Å². The van der Waals surface area contributed by atoms with Crippen molar-refractivity contribution in [2.45, 2.75) is 78.6 Å². The first-order valence-corrected chi connectivity index (χ1v) is 7.43. The molecule has 3 atom stereocenters. The molecule has 0 radical (unpaired) electrons. The first kappa shape index (κ1) is 15.7. The molecule has 0 saturated heterocycles. The van der Waals surface area contributed by atoms with Crippen LogP contribution in [0.2, 0.25) is 0 Å². The van der Waals surface area contributed by atoms with Crippen molar-refractivity contribution < 1.29 is 9.47 Å². The maximum Gasteiger partial charge on any atom is 0.106 e. The Balaban J connectivity index is 2.90. The minimum atomic E-state index is 0.176. The second-order valence-corrected chi connectivity index (χ2v) is 5.59. The van der Waals surface area contributed by atoms with Crippen LogP contribution in [0, 0.1) is 5.92 Å². The molecular weight excluding hydrogens is 224 g/mol. The van der Waals surface area contributed by atoms with Crippen LogP contribution in [0.15, 0.2) is 11.1 Å². The number of hydrogen-bond acceptors (Lipinski definition) is 2. The lowest BCUT2D eigenvalue weighted by atomic mass is 10.0. The van der Waals surface area contributed by atoms with Gasteiger partial charge in [-0.15, -0.1) is 0 Å². The maximum absolute atomic E-state index is 6.34. The Kier molecular flexibility index (Phi) is 6.37. The van der Waals surface area contributed by atoms with Gasteiger partial charge in [0.15, 0.2) is 0 Å². The van der Waals surface area contributed by atoms with Crippen molar-refractivity contribution in [1.29, 1.82) is 0 Å². The molecule has 0 spiro atoms. The second-order valence-electron chi connectivity index (χ2n) is 5.59. The molecule has 18 heavy (non-hydrogen) atoms. The van der Waals surface area contributed by atoms with Crippen LogP contribution >= 0.6 is 0 Å². The minimum Gasteiger partial charge on any atom is -0.378 e. The van der Waals surface area contributed by atoms with Gasteiger partial charge >= 0.3 is 0 Å². The zero-order valence-electron chi connectivity index (χ0n) is 13.0. The van der Waals surface area contributed by atoms with Gasteiger partial charge in [0, 0.05) is 7.11 Å². The summed E-state index contributed by atoms with van der Waals surface area (Å²) in [6, 6.07) is 0. The molecule has 0 aromatic rings. The smallest absolute Gasteiger partial charge is 0.106 e. The van der Waals surface area contributed by atoms with Crippen LogP contribution in [-0.4, -0.2) is 25.4 Å². The molecule has 1 rings (SSSR count). The number of methoxy groups -OCH3 is 1. The van der Waals surface area contributed by atoms with Crippen molar-refractivity contribution in [2.75, 3.05) is 7.11 Å². The number of hydrogen-bond donors (Lipinski definition) is 0. The first-order chi connectivity index (χ1) is 8.58. The monoisotopic (exact) mass is 254 g/mol. The Bertz CT molecular complexity index is 275. The van der Waals surface area contributed by atoms with Crippen molar-refractivity contribution in [1.82, 2.24) is 0 Å². The topological polar surface area (TPSA) is 18.5 Å². The van der Waals surface area contributed by atoms with Crippen LogP contribution in [0.25, 0.3) is 0 Å². The Labute approximate surface area is 113 Å². The highest BCUT2D eigenvalue weighted by Crippen LogP contribution is 2.39. The summed E-state index contributed by atoms with van der Waals surface area (Å²) in [5, 5.41) is 0. The normalized spacial score (nSPS) is 28.2. The number of ether oxygens (including phenoxy) is 2. The molecule has 2 heteroatoms. The van der Waals surface area contributed by atoms with Gasteiger partial charge in [-0.2, -0.15) is 0 Å². The number of allylic oxidation sites excluding steroid dienone is 1. The first-order valence-electron chi connectivity index (χ1n) is 7.43. The summed E-state index contributed by atoms with van der Waals surface area (Å²) >= 11 is 0. The van der Waals surface area contributed by atoms with Gasteiger partial charge in [0.25, 0.3) is 0 Å². The highest BCUT2D eigenvalue weighted by molar-refractivity contribution is 5.23. The standard InChI is InChI=1S/C16H30O2/c1-7-12-10-14(11(4)5)16(15(12)17-6)18-13(8-2)9-3/h12-13,15-16H,7-10H2,1-6H3. The van der Waals surface area contributed by atoms with E-state index in [4.69, 9.17) is 9.47 Å². The van der Waals surface area contributed by atoms with Crippen molar-refractivity contribution in [2.24, 2.45) is 5.92 Å². The third-order valence-corrected chi connectivity index (χ3v) is 4.28. The van der Waals surface area contributed by atoms with E-state index in [1.54, 1.807) is 0 Å². The lowest BCUT2D eigenvalue weighted by Crippen LogP contribution is -2.34. The Morgan fingerprint density at radius 3 is 2.22 bits per heavy atom. The van der Waals surface area contributed by atoms with Gasteiger partial charge in [0.05, 0.1) is 12.2 Å². The molecule has 1 aliphatic carbocycles. The van der Waals surface area contributed by atoms with Crippen LogP contribution in [0.1, 0.15) is 60.3 Å². The molecule has 0 N–H and O–H groups in total. The summed E-state index contributed by atoms with van der Waals surface area (Å²) in [7, 11) is 1.82. The van der Waals surface area contributed by atoms with Crippen LogP contribution in [0.5, 0.6) is 0 Å². The molecule has 0 amide bonds. The Hall–Kier alpha value is -0.340. The number of rotatable bonds is 6. The van der Waals surface area contributed by atoms with E-state index in [9.17, 15) is 0 Å². The van der Waals surface area contributed by atoms with Crippen LogP contribution in [-0.2, 0) is 9.47 Å². The largest absolute Gasteiger partial charge is 0.378 e. The fourth-order valence-electron chi connectivity index (χ4n) is 2.99. The van der Waals surface area contributed by atoms with Gasteiger partial charge in [-0.05, 0) is 44.6 Å². The summed E-state index contributed by atoms with van der Waals surface area (Å²) in [5.74, 6) is 0.610. The van der Waals surface area contributed by atoms with Crippen LogP contribution in [0.4, 0.5) is 0 Å². The molecule has 0 heterocycles. The van der Waals surface area contributed by atoms with Gasteiger partial charge in [0.2, 0.25) is 0 Å². The molecule has 0 aliphatic heterocycles. The van der Waals surface area contributed by atoms with Gasteiger partial charge in [-0.25, -0.2) is 0 Å². The zero-order valence-corrected chi connectivity index (χ0v) is 13.0. The molecule has 106 valence electrons. The average molecular weight is 254 g/mol. The van der Waals surface area contributed by atoms with E-state index in [0.29, 0.717) is 12.0 Å². The van der Waals surface area contributed by atoms with Crippen LogP contribution in [0.3, 0.4) is 0 Å². The van der Waals surface area contributed by atoms with Gasteiger partial charge in [-0.3, -0.25) is 0 Å². The van der Waals surface area contributed by atoms with E-state index < -0.39 is 0 Å². The van der Waals surface area contributed by atoms with Gasteiger partial charge in [-0.1, -0.05) is 32.8 Å². The molecule has 0 aromatic carbocycles. The molecule has 1 aliphatic rings. The molecule has 3 unspecified atom stereocenters. The fourth-order valence-corrected chi connectivity index (χ4v) is 2.99. The van der Waals surface area contributed by atoms with E-state index >= 15 is 0 Å². The summed E-state index contributed by atoms with van der Waals surface area (Å²) < 4.78 is 12.1. The summed E-state index contributed by atoms with van der Waals surface area (Å²) in [5.41, 5.74) is 2.88. The Morgan fingerprint density at radius 2 is 1.83 bits per heavy atom. The average Bonchev–Trinajstić information content (AvgIpc) is 2.73. The molecule has 1 fully saturated rings. The molecule has 0 bridgehead atoms. The Morgan fingerprint density at radius 1 is 1.22 bits per heavy atom.